The Balaban J connectivity index is 1.27. The maximum absolute atomic E-state index is 12.7. The van der Waals surface area contributed by atoms with Crippen LogP contribution >= 0.6 is 27.3 Å². The van der Waals surface area contributed by atoms with Crippen molar-refractivity contribution in [3.05, 3.63) is 86.2 Å². The van der Waals surface area contributed by atoms with E-state index in [-0.39, 0.29) is 11.5 Å². The normalized spacial score (nSPS) is 14.7. The summed E-state index contributed by atoms with van der Waals surface area (Å²) in [6.45, 7) is 5.37. The van der Waals surface area contributed by atoms with Gasteiger partial charge in [0, 0.05) is 54.4 Å². The van der Waals surface area contributed by atoms with Crippen LogP contribution in [0.4, 0.5) is 0 Å². The second kappa shape index (κ2) is 9.17. The molecule has 0 bridgehead atoms. The maximum Gasteiger partial charge on any atom is 0.275 e. The lowest BCUT2D eigenvalue weighted by Gasteiger charge is -2.34. The number of halogens is 1. The van der Waals surface area contributed by atoms with Gasteiger partial charge in [0.1, 0.15) is 5.01 Å². The zero-order valence-electron chi connectivity index (χ0n) is 18.1. The Kier molecular flexibility index (Phi) is 6.09. The van der Waals surface area contributed by atoms with Gasteiger partial charge in [-0.05, 0) is 37.3 Å². The van der Waals surface area contributed by atoms with Crippen LogP contribution in [-0.4, -0.2) is 56.5 Å². The molecule has 1 fully saturated rings. The largest absolute Gasteiger partial charge is 0.336 e. The van der Waals surface area contributed by atoms with Crippen LogP contribution in [0, 0.1) is 6.92 Å². The second-order valence-corrected chi connectivity index (χ2v) is 10.0. The molecule has 0 spiro atoms. The van der Waals surface area contributed by atoms with Gasteiger partial charge in [-0.25, -0.2) is 4.98 Å². The molecule has 168 valence electrons. The number of carbonyl (C=O) groups excluding carboxylic acids is 1. The molecule has 5 rings (SSSR count). The first-order valence-corrected chi connectivity index (χ1v) is 12.3. The van der Waals surface area contributed by atoms with E-state index in [2.05, 4.69) is 32.0 Å². The summed E-state index contributed by atoms with van der Waals surface area (Å²) in [7, 11) is 0. The Morgan fingerprint density at radius 3 is 2.55 bits per heavy atom. The summed E-state index contributed by atoms with van der Waals surface area (Å²) in [5.41, 5.74) is 3.38. The topological polar surface area (TPSA) is 70.8 Å². The van der Waals surface area contributed by atoms with Crippen LogP contribution in [0.25, 0.3) is 15.5 Å². The third-order valence-electron chi connectivity index (χ3n) is 5.70. The number of aromatic nitrogens is 3. The highest BCUT2D eigenvalue weighted by molar-refractivity contribution is 9.10. The minimum absolute atomic E-state index is 0.0493. The Bertz CT molecular complexity index is 1370. The smallest absolute Gasteiger partial charge is 0.275 e. The van der Waals surface area contributed by atoms with E-state index in [0.29, 0.717) is 30.2 Å². The van der Waals surface area contributed by atoms with Crippen molar-refractivity contribution in [2.24, 2.45) is 0 Å². The molecule has 0 unspecified atom stereocenters. The number of rotatable bonds is 4. The lowest BCUT2D eigenvalue weighted by atomic mass is 10.1. The fourth-order valence-electron chi connectivity index (χ4n) is 3.95. The molecule has 1 aliphatic rings. The van der Waals surface area contributed by atoms with Gasteiger partial charge in [-0.15, -0.1) is 0 Å². The lowest BCUT2D eigenvalue weighted by molar-refractivity contribution is 0.0627. The molecular weight excluding hydrogens is 502 g/mol. The molecule has 0 aliphatic carbocycles. The molecule has 4 aromatic rings. The van der Waals surface area contributed by atoms with Crippen LogP contribution in [-0.2, 0) is 6.54 Å². The fraction of sp³-hybridized carbons (Fsp3) is 0.250. The van der Waals surface area contributed by atoms with Crippen molar-refractivity contribution in [3.8, 4) is 10.6 Å². The predicted molar refractivity (Wildman–Crippen MR) is 133 cm³/mol. The van der Waals surface area contributed by atoms with E-state index in [0.717, 1.165) is 39.4 Å². The molecule has 0 atom stereocenters. The monoisotopic (exact) mass is 523 g/mol. The number of carbonyl (C=O) groups is 1. The van der Waals surface area contributed by atoms with Crippen molar-refractivity contribution in [1.29, 1.82) is 0 Å². The number of aryl methyl sites for hydroxylation is 1. The fourth-order valence-corrected chi connectivity index (χ4v) is 5.13. The Labute approximate surface area is 203 Å². The summed E-state index contributed by atoms with van der Waals surface area (Å²) in [5, 5.41) is 5.25. The van der Waals surface area contributed by atoms with Gasteiger partial charge >= 0.3 is 0 Å². The Morgan fingerprint density at radius 1 is 1.06 bits per heavy atom. The standard InChI is InChI=1S/C24H22BrN5O2S/c1-16-3-2-4-18(13-16)22-27-30-21(31)14-20(26-24(30)33-22)15-28-9-11-29(12-10-28)23(32)17-5-7-19(25)8-6-17/h2-8,13-14H,9-12,15H2,1H3. The van der Waals surface area contributed by atoms with E-state index in [9.17, 15) is 9.59 Å². The first kappa shape index (κ1) is 21.9. The van der Waals surface area contributed by atoms with Gasteiger partial charge in [-0.2, -0.15) is 9.61 Å². The minimum atomic E-state index is -0.172. The molecule has 0 N–H and O–H groups in total. The van der Waals surface area contributed by atoms with Crippen molar-refractivity contribution >= 4 is 38.1 Å². The molecule has 1 amide bonds. The van der Waals surface area contributed by atoms with E-state index in [1.807, 2.05) is 54.3 Å². The molecule has 1 aliphatic heterocycles. The minimum Gasteiger partial charge on any atom is -0.336 e. The van der Waals surface area contributed by atoms with Gasteiger partial charge in [0.2, 0.25) is 4.96 Å². The van der Waals surface area contributed by atoms with Crippen LogP contribution in [0.15, 0.2) is 63.9 Å². The zero-order chi connectivity index (χ0) is 22.9. The average molecular weight is 524 g/mol. The summed E-state index contributed by atoms with van der Waals surface area (Å²) in [5.74, 6) is 0.0493. The highest BCUT2D eigenvalue weighted by Crippen LogP contribution is 2.25. The molecular formula is C24H22BrN5O2S. The quantitative estimate of drug-likeness (QED) is 0.406. The van der Waals surface area contributed by atoms with Crippen molar-refractivity contribution in [1.82, 2.24) is 24.4 Å². The van der Waals surface area contributed by atoms with E-state index < -0.39 is 0 Å². The first-order chi connectivity index (χ1) is 16.0. The molecule has 1 saturated heterocycles. The van der Waals surface area contributed by atoms with Crippen LogP contribution in [0.2, 0.25) is 0 Å². The highest BCUT2D eigenvalue weighted by Gasteiger charge is 2.23. The molecule has 0 radical (unpaired) electrons. The van der Waals surface area contributed by atoms with Crippen LogP contribution in [0.5, 0.6) is 0 Å². The van der Waals surface area contributed by atoms with E-state index in [1.165, 1.54) is 15.9 Å². The number of fused-ring (bicyclic) bond motifs is 1. The van der Waals surface area contributed by atoms with Crippen molar-refractivity contribution in [2.45, 2.75) is 13.5 Å². The molecule has 3 heterocycles. The molecule has 9 heteroatoms. The van der Waals surface area contributed by atoms with Crippen LogP contribution in [0.3, 0.4) is 0 Å². The first-order valence-electron chi connectivity index (χ1n) is 10.7. The third kappa shape index (κ3) is 4.75. The summed E-state index contributed by atoms with van der Waals surface area (Å²) in [4.78, 5) is 34.8. The Hall–Kier alpha value is -2.88. The van der Waals surface area contributed by atoms with Crippen LogP contribution in [0.1, 0.15) is 21.6 Å². The van der Waals surface area contributed by atoms with Gasteiger partial charge in [0.25, 0.3) is 11.5 Å². The number of hydrogen-bond acceptors (Lipinski definition) is 6. The second-order valence-electron chi connectivity index (χ2n) is 8.13. The molecule has 33 heavy (non-hydrogen) atoms. The zero-order valence-corrected chi connectivity index (χ0v) is 20.5. The number of piperazine rings is 1. The molecule has 2 aromatic heterocycles. The highest BCUT2D eigenvalue weighted by atomic mass is 79.9. The molecule has 2 aromatic carbocycles. The number of nitrogens with zero attached hydrogens (tertiary/aromatic N) is 5. The molecule has 0 saturated carbocycles. The number of hydrogen-bond donors (Lipinski definition) is 0. The van der Waals surface area contributed by atoms with Gasteiger partial charge in [0.15, 0.2) is 0 Å². The summed E-state index contributed by atoms with van der Waals surface area (Å²) < 4.78 is 2.33. The van der Waals surface area contributed by atoms with Crippen molar-refractivity contribution in [2.75, 3.05) is 26.2 Å². The van der Waals surface area contributed by atoms with Crippen LogP contribution < -0.4 is 5.56 Å². The van der Waals surface area contributed by atoms with Gasteiger partial charge in [-0.3, -0.25) is 14.5 Å². The SMILES string of the molecule is Cc1cccc(-c2nn3c(=O)cc(CN4CCN(C(=O)c5ccc(Br)cc5)CC4)nc3s2)c1. The van der Waals surface area contributed by atoms with Gasteiger partial charge in [0.05, 0.1) is 5.69 Å². The summed E-state index contributed by atoms with van der Waals surface area (Å²) in [6.07, 6.45) is 0. The van der Waals surface area contributed by atoms with Gasteiger partial charge in [-0.1, -0.05) is 51.0 Å². The summed E-state index contributed by atoms with van der Waals surface area (Å²) in [6, 6.07) is 17.1. The number of amides is 1. The van der Waals surface area contributed by atoms with Gasteiger partial charge < -0.3 is 4.90 Å². The summed E-state index contributed by atoms with van der Waals surface area (Å²) >= 11 is 4.82. The van der Waals surface area contributed by atoms with E-state index >= 15 is 0 Å². The van der Waals surface area contributed by atoms with Crippen molar-refractivity contribution in [3.63, 3.8) is 0 Å². The van der Waals surface area contributed by atoms with E-state index in [4.69, 9.17) is 4.98 Å². The van der Waals surface area contributed by atoms with E-state index in [1.54, 1.807) is 6.07 Å². The Morgan fingerprint density at radius 2 is 1.82 bits per heavy atom. The number of benzene rings is 2. The maximum atomic E-state index is 12.7. The lowest BCUT2D eigenvalue weighted by Crippen LogP contribution is -2.48. The predicted octanol–water partition coefficient (Wildman–Crippen LogP) is 3.85. The average Bonchev–Trinajstić information content (AvgIpc) is 3.25. The van der Waals surface area contributed by atoms with Crippen molar-refractivity contribution < 1.29 is 4.79 Å². The third-order valence-corrected chi connectivity index (χ3v) is 7.19. The molecule has 7 nitrogen and oxygen atoms in total.